The zero-order chi connectivity index (χ0) is 32.9. The molecule has 10 nitrogen and oxygen atoms in total. The predicted octanol–water partition coefficient (Wildman–Crippen LogP) is 3.55. The monoisotopic (exact) mass is 659 g/mol. The van der Waals surface area contributed by atoms with Gasteiger partial charge >= 0.3 is 0 Å². The molecule has 8 fully saturated rings. The minimum absolute atomic E-state index is 0.00369. The van der Waals surface area contributed by atoms with Crippen molar-refractivity contribution in [2.75, 3.05) is 20.3 Å². The zero-order valence-corrected chi connectivity index (χ0v) is 28.2. The number of hydrogen-bond acceptors (Lipinski definition) is 10. The van der Waals surface area contributed by atoms with Crippen molar-refractivity contribution < 1.29 is 48.2 Å². The van der Waals surface area contributed by atoms with E-state index in [1.165, 1.54) is 0 Å². The summed E-state index contributed by atoms with van der Waals surface area (Å²) in [6.07, 6.45) is 6.13. The third kappa shape index (κ3) is 7.33. The molecule has 1 saturated carbocycles. The molecule has 15 atom stereocenters. The van der Waals surface area contributed by atoms with Crippen molar-refractivity contribution in [3.05, 3.63) is 24.3 Å². The largest absolute Gasteiger partial charge is 0.852 e. The molecule has 10 heteroatoms. The summed E-state index contributed by atoms with van der Waals surface area (Å²) < 4.78 is 43.4. The van der Waals surface area contributed by atoms with Gasteiger partial charge in [-0.25, -0.2) is 0 Å². The molecule has 264 valence electrons. The third-order valence-electron chi connectivity index (χ3n) is 12.4. The smallest absolute Gasteiger partial charge is 0.165 e. The Morgan fingerprint density at radius 1 is 0.979 bits per heavy atom. The second kappa shape index (κ2) is 14.2. The lowest BCUT2D eigenvalue weighted by atomic mass is 9.61. The highest BCUT2D eigenvalue weighted by atomic mass is 16.7. The highest BCUT2D eigenvalue weighted by Gasteiger charge is 2.60. The van der Waals surface area contributed by atoms with Gasteiger partial charge in [-0.05, 0) is 82.6 Å². The lowest BCUT2D eigenvalue weighted by molar-refractivity contribution is -0.483. The van der Waals surface area contributed by atoms with Gasteiger partial charge in [0, 0.05) is 38.2 Å². The number of methoxy groups -OCH3 is 1. The molecular weight excluding hydrogens is 604 g/mol. The van der Waals surface area contributed by atoms with E-state index in [0.717, 1.165) is 56.1 Å². The van der Waals surface area contributed by atoms with Crippen LogP contribution in [0.15, 0.2) is 24.3 Å². The molecule has 0 aromatic rings. The summed E-state index contributed by atoms with van der Waals surface area (Å²) in [4.78, 5) is 13.2. The summed E-state index contributed by atoms with van der Waals surface area (Å²) in [5.74, 6) is -1.50. The van der Waals surface area contributed by atoms with Crippen LogP contribution in [-0.2, 0) is 38.0 Å². The predicted molar refractivity (Wildman–Crippen MR) is 169 cm³/mol. The molecule has 4 bridgehead atoms. The lowest BCUT2D eigenvalue weighted by Gasteiger charge is -2.63. The molecule has 2 unspecified atom stereocenters. The molecule has 1 aliphatic carbocycles. The van der Waals surface area contributed by atoms with E-state index in [1.807, 2.05) is 6.92 Å². The number of ketones is 1. The normalized spacial score (nSPS) is 48.0. The number of carbonyl (C=O) groups is 1. The maximum absolute atomic E-state index is 13.4. The Balaban J connectivity index is 0.949. The van der Waals surface area contributed by atoms with Crippen LogP contribution in [0.4, 0.5) is 0 Å². The number of aliphatic hydroxyl groups is 1. The first-order valence-electron chi connectivity index (χ1n) is 18.2. The Morgan fingerprint density at radius 3 is 2.62 bits per heavy atom. The van der Waals surface area contributed by atoms with E-state index in [4.69, 9.17) is 33.2 Å². The van der Waals surface area contributed by atoms with Gasteiger partial charge in [-0.2, -0.15) is 0 Å². The maximum atomic E-state index is 13.4. The molecule has 8 rings (SSSR count). The zero-order valence-electron chi connectivity index (χ0n) is 28.2. The minimum Gasteiger partial charge on any atom is -0.852 e. The second-order valence-electron chi connectivity index (χ2n) is 15.6. The van der Waals surface area contributed by atoms with Crippen molar-refractivity contribution in [3.63, 3.8) is 0 Å². The molecular formula is C37H55O10-. The van der Waals surface area contributed by atoms with E-state index < -0.39 is 11.9 Å². The van der Waals surface area contributed by atoms with E-state index in [1.54, 1.807) is 7.11 Å². The Morgan fingerprint density at radius 2 is 1.83 bits per heavy atom. The van der Waals surface area contributed by atoms with Gasteiger partial charge in [-0.15, -0.1) is 6.10 Å². The lowest BCUT2D eigenvalue weighted by Crippen LogP contribution is -2.71. The first-order chi connectivity index (χ1) is 22.6. The van der Waals surface area contributed by atoms with Crippen molar-refractivity contribution >= 4 is 5.78 Å². The van der Waals surface area contributed by atoms with Crippen LogP contribution in [0.25, 0.3) is 0 Å². The maximum Gasteiger partial charge on any atom is 0.165 e. The summed E-state index contributed by atoms with van der Waals surface area (Å²) in [5.41, 5.74) is 2.25. The standard InChI is InChI=1S/C37H55O10/c1-20-5-6-24(43-18-20)7-9-31-21(2)13-26(44-31)11-12-37(40)17-30(39)28-16-29-34(28)46-32-10-8-25(45-36(32)35(29)47-37)14-23(38)15-27-22(3)42-19-33(27)41-4/h22,24-36,40H,1-2,5-19H2,3-4H3/q-1/t22-,24+,25+,26-,27-,28-,29?,30+,31-,32-,33-,34-,35+,36?,37-/m0/s1. The Hall–Kier alpha value is -1.21. The fraction of sp³-hybridized carbons (Fsp3) is 0.865. The molecule has 0 aromatic carbocycles. The number of ether oxygens (including phenoxy) is 7. The van der Waals surface area contributed by atoms with Crippen LogP contribution in [0, 0.1) is 17.8 Å². The average Bonchev–Trinajstić information content (AvgIpc) is 3.57. The molecule has 7 heterocycles. The first-order valence-corrected chi connectivity index (χ1v) is 18.2. The molecule has 7 aliphatic heterocycles. The van der Waals surface area contributed by atoms with Crippen molar-refractivity contribution in [3.8, 4) is 0 Å². The van der Waals surface area contributed by atoms with E-state index in [-0.39, 0.29) is 91.0 Å². The highest BCUT2D eigenvalue weighted by molar-refractivity contribution is 5.79. The Kier molecular flexibility index (Phi) is 10.3. The molecule has 0 amide bonds. The van der Waals surface area contributed by atoms with Crippen molar-refractivity contribution in [1.29, 1.82) is 0 Å². The molecule has 7 saturated heterocycles. The number of fused-ring (bicyclic) bond motifs is 4. The first kappa shape index (κ1) is 34.2. The van der Waals surface area contributed by atoms with Gasteiger partial charge in [0.2, 0.25) is 0 Å². The van der Waals surface area contributed by atoms with Crippen LogP contribution in [0.5, 0.6) is 0 Å². The number of hydrogen-bond donors (Lipinski definition) is 1. The van der Waals surface area contributed by atoms with E-state index in [9.17, 15) is 15.0 Å². The van der Waals surface area contributed by atoms with Gasteiger partial charge in [0.05, 0.1) is 68.1 Å². The fourth-order valence-corrected chi connectivity index (χ4v) is 9.48. The van der Waals surface area contributed by atoms with Crippen LogP contribution < -0.4 is 5.11 Å². The summed E-state index contributed by atoms with van der Waals surface area (Å²) in [6, 6.07) is 0. The van der Waals surface area contributed by atoms with Gasteiger partial charge in [-0.3, -0.25) is 4.79 Å². The Labute approximate surface area is 279 Å². The van der Waals surface area contributed by atoms with Gasteiger partial charge < -0.3 is 43.4 Å². The van der Waals surface area contributed by atoms with E-state index >= 15 is 0 Å². The van der Waals surface area contributed by atoms with Crippen LogP contribution in [0.1, 0.15) is 90.4 Å². The summed E-state index contributed by atoms with van der Waals surface area (Å²) in [5, 5.41) is 25.4. The summed E-state index contributed by atoms with van der Waals surface area (Å²) in [6.45, 7) is 11.5. The molecule has 1 N–H and O–H groups in total. The topological polar surface area (TPSA) is 125 Å². The molecule has 47 heavy (non-hydrogen) atoms. The number of rotatable bonds is 11. The van der Waals surface area contributed by atoms with Crippen molar-refractivity contribution in [2.45, 2.75) is 163 Å². The highest BCUT2D eigenvalue weighted by Crippen LogP contribution is 2.53. The summed E-state index contributed by atoms with van der Waals surface area (Å²) >= 11 is 0. The second-order valence-corrected chi connectivity index (χ2v) is 15.6. The molecule has 0 spiro atoms. The van der Waals surface area contributed by atoms with Crippen molar-refractivity contribution in [1.82, 2.24) is 0 Å². The number of Topliss-reactive ketones (excluding diaryl/α,β-unsaturated/α-hetero) is 1. The quantitative estimate of drug-likeness (QED) is 0.330. The Bertz CT molecular complexity index is 1150. The SMILES string of the molecule is C=C1CC[C@H](CC[C@@H]2O[C@@H](CC[C@@]3(O)C[C@@H]([O-])[C@@H]4CC5[C@@H](O3)C3O[C@@H](CC(=O)C[C@H]6[C@H](C)OC[C@@H]6OC)CC[C@@H]3O[C@H]54)CC2=C)OC1. The molecule has 8 aliphatic rings. The van der Waals surface area contributed by atoms with Crippen LogP contribution in [0.3, 0.4) is 0 Å². The molecule has 0 radical (unpaired) electrons. The summed E-state index contributed by atoms with van der Waals surface area (Å²) in [7, 11) is 1.67. The van der Waals surface area contributed by atoms with Gasteiger partial charge in [0.15, 0.2) is 5.79 Å². The van der Waals surface area contributed by atoms with Gasteiger partial charge in [0.25, 0.3) is 0 Å². The van der Waals surface area contributed by atoms with Crippen LogP contribution >= 0.6 is 0 Å². The van der Waals surface area contributed by atoms with E-state index in [2.05, 4.69) is 13.2 Å². The van der Waals surface area contributed by atoms with Crippen LogP contribution in [-0.4, -0.2) is 104 Å². The van der Waals surface area contributed by atoms with E-state index in [0.29, 0.717) is 45.3 Å². The fourth-order valence-electron chi connectivity index (χ4n) is 9.48. The van der Waals surface area contributed by atoms with Gasteiger partial charge in [0.1, 0.15) is 11.9 Å². The molecule has 0 aromatic heterocycles. The minimum atomic E-state index is -1.57. The van der Waals surface area contributed by atoms with Gasteiger partial charge in [-0.1, -0.05) is 18.7 Å². The van der Waals surface area contributed by atoms with Crippen LogP contribution in [0.2, 0.25) is 0 Å². The van der Waals surface area contributed by atoms with Crippen molar-refractivity contribution in [2.24, 2.45) is 17.8 Å². The average molecular weight is 660 g/mol. The number of carbonyl (C=O) groups excluding carboxylic acids is 1. The third-order valence-corrected chi connectivity index (χ3v) is 12.4.